The number of imidazole rings is 1. The highest BCUT2D eigenvalue weighted by atomic mass is 16.2. The molecule has 1 saturated heterocycles. The summed E-state index contributed by atoms with van der Waals surface area (Å²) in [6, 6.07) is 11.3. The highest BCUT2D eigenvalue weighted by molar-refractivity contribution is 5.95. The second kappa shape index (κ2) is 9.54. The van der Waals surface area contributed by atoms with Crippen molar-refractivity contribution < 1.29 is 14.4 Å². The largest absolute Gasteiger partial charge is 0.369 e. The summed E-state index contributed by atoms with van der Waals surface area (Å²) in [7, 11) is 1.98. The van der Waals surface area contributed by atoms with Crippen LogP contribution >= 0.6 is 0 Å². The third-order valence-electron chi connectivity index (χ3n) is 6.17. The molecule has 9 heteroatoms. The van der Waals surface area contributed by atoms with E-state index < -0.39 is 0 Å². The van der Waals surface area contributed by atoms with E-state index in [1.807, 2.05) is 54.9 Å². The predicted molar refractivity (Wildman–Crippen MR) is 131 cm³/mol. The molecule has 1 atom stereocenters. The maximum atomic E-state index is 13.2. The Kier molecular flexibility index (Phi) is 6.54. The zero-order valence-corrected chi connectivity index (χ0v) is 19.7. The third kappa shape index (κ3) is 4.88. The number of primary amides is 1. The van der Waals surface area contributed by atoms with Crippen molar-refractivity contribution in [2.24, 2.45) is 11.7 Å². The number of fused-ring (bicyclic) bond motifs is 1. The van der Waals surface area contributed by atoms with E-state index in [9.17, 15) is 14.4 Å². The second-order valence-electron chi connectivity index (χ2n) is 8.89. The molecule has 2 aromatic heterocycles. The van der Waals surface area contributed by atoms with Crippen LogP contribution in [0.25, 0.3) is 5.65 Å². The fraction of sp³-hybridized carbons (Fsp3) is 0.360. The Morgan fingerprint density at radius 1 is 1.18 bits per heavy atom. The number of carbonyl (C=O) groups excluding carboxylic acids is 3. The number of piperidine rings is 1. The second-order valence-corrected chi connectivity index (χ2v) is 8.89. The molecule has 3 aromatic rings. The topological polar surface area (TPSA) is 113 Å². The van der Waals surface area contributed by atoms with E-state index in [4.69, 9.17) is 5.73 Å². The number of aromatic nitrogens is 2. The molecular weight excluding hydrogens is 432 g/mol. The summed E-state index contributed by atoms with van der Waals surface area (Å²) < 4.78 is 1.93. The summed E-state index contributed by atoms with van der Waals surface area (Å²) in [6.07, 6.45) is 3.30. The Morgan fingerprint density at radius 2 is 1.91 bits per heavy atom. The van der Waals surface area contributed by atoms with Gasteiger partial charge in [0.2, 0.25) is 11.8 Å². The molecule has 178 valence electrons. The van der Waals surface area contributed by atoms with Crippen molar-refractivity contribution in [3.05, 3.63) is 59.4 Å². The highest BCUT2D eigenvalue weighted by Crippen LogP contribution is 2.25. The summed E-state index contributed by atoms with van der Waals surface area (Å²) in [4.78, 5) is 44.5. The van der Waals surface area contributed by atoms with E-state index in [0.29, 0.717) is 25.2 Å². The zero-order valence-electron chi connectivity index (χ0n) is 19.7. The van der Waals surface area contributed by atoms with Gasteiger partial charge >= 0.3 is 0 Å². The molecule has 4 rings (SSSR count). The van der Waals surface area contributed by atoms with Crippen molar-refractivity contribution in [3.8, 4) is 0 Å². The predicted octanol–water partition coefficient (Wildman–Crippen LogP) is 2.58. The number of pyridine rings is 1. The molecule has 1 unspecified atom stereocenters. The number of rotatable bonds is 6. The molecule has 34 heavy (non-hydrogen) atoms. The Bertz CT molecular complexity index is 1230. The number of aryl methyl sites for hydroxylation is 1. The Balaban J connectivity index is 1.57. The van der Waals surface area contributed by atoms with Crippen molar-refractivity contribution >= 4 is 34.9 Å². The van der Waals surface area contributed by atoms with Gasteiger partial charge in [-0.05, 0) is 49.6 Å². The first-order chi connectivity index (χ1) is 16.2. The van der Waals surface area contributed by atoms with Crippen LogP contribution in [0.1, 0.15) is 41.4 Å². The number of amides is 3. The lowest BCUT2D eigenvalue weighted by molar-refractivity contribution is -0.123. The first-order valence-corrected chi connectivity index (χ1v) is 11.4. The SMILES string of the molecule is CC(=O)Nc1ccc(CN(C)c2c(C)nc3ccc(C(=O)N4CCCC(C(N)=O)C4)cn23)cc1. The fourth-order valence-electron chi connectivity index (χ4n) is 4.56. The van der Waals surface area contributed by atoms with Gasteiger partial charge in [0.25, 0.3) is 5.91 Å². The molecule has 3 heterocycles. The van der Waals surface area contributed by atoms with E-state index in [1.165, 1.54) is 6.92 Å². The van der Waals surface area contributed by atoms with Crippen LogP contribution in [0.5, 0.6) is 0 Å². The molecule has 3 amide bonds. The molecule has 9 nitrogen and oxygen atoms in total. The summed E-state index contributed by atoms with van der Waals surface area (Å²) in [5, 5.41) is 2.77. The average Bonchev–Trinajstić information content (AvgIpc) is 3.14. The van der Waals surface area contributed by atoms with Gasteiger partial charge in [-0.15, -0.1) is 0 Å². The van der Waals surface area contributed by atoms with Crippen LogP contribution in [-0.2, 0) is 16.1 Å². The molecule has 1 aromatic carbocycles. The first kappa shape index (κ1) is 23.3. The highest BCUT2D eigenvalue weighted by Gasteiger charge is 2.28. The minimum atomic E-state index is -0.354. The van der Waals surface area contributed by atoms with Crippen LogP contribution in [-0.4, -0.2) is 52.1 Å². The number of benzene rings is 1. The number of nitrogens with two attached hydrogens (primary N) is 1. The van der Waals surface area contributed by atoms with Gasteiger partial charge in [0.15, 0.2) is 0 Å². The fourth-order valence-corrected chi connectivity index (χ4v) is 4.56. The van der Waals surface area contributed by atoms with Crippen molar-refractivity contribution in [2.75, 3.05) is 30.4 Å². The third-order valence-corrected chi connectivity index (χ3v) is 6.17. The van der Waals surface area contributed by atoms with E-state index >= 15 is 0 Å². The summed E-state index contributed by atoms with van der Waals surface area (Å²) in [5.41, 5.74) is 9.46. The van der Waals surface area contributed by atoms with Crippen LogP contribution in [0.15, 0.2) is 42.6 Å². The van der Waals surface area contributed by atoms with Crippen LogP contribution in [0.2, 0.25) is 0 Å². The summed E-state index contributed by atoms with van der Waals surface area (Å²) in [5.74, 6) is 0.0275. The molecule has 1 aliphatic heterocycles. The molecule has 1 aliphatic rings. The molecule has 3 N–H and O–H groups in total. The monoisotopic (exact) mass is 462 g/mol. The standard InChI is InChI=1S/C25H30N6O3/c1-16-24(29(3)13-18-6-9-21(10-7-18)28-17(2)32)31-15-20(8-11-22(31)27-16)25(34)30-12-4-5-19(14-30)23(26)33/h6-11,15,19H,4-5,12-14H2,1-3H3,(H2,26,33)(H,28,32). The van der Waals surface area contributed by atoms with Crippen LogP contribution in [0, 0.1) is 12.8 Å². The smallest absolute Gasteiger partial charge is 0.255 e. The molecule has 0 spiro atoms. The Labute approximate surface area is 198 Å². The minimum Gasteiger partial charge on any atom is -0.369 e. The molecule has 0 saturated carbocycles. The number of hydrogen-bond acceptors (Lipinski definition) is 5. The quantitative estimate of drug-likeness (QED) is 0.585. The van der Waals surface area contributed by atoms with Gasteiger partial charge in [0.1, 0.15) is 11.5 Å². The number of carbonyl (C=O) groups is 3. The number of hydrogen-bond donors (Lipinski definition) is 2. The van der Waals surface area contributed by atoms with E-state index in [1.54, 1.807) is 11.0 Å². The molecule has 0 aliphatic carbocycles. The maximum absolute atomic E-state index is 13.2. The van der Waals surface area contributed by atoms with Gasteiger partial charge < -0.3 is 20.9 Å². The Hall–Kier alpha value is -3.88. The van der Waals surface area contributed by atoms with E-state index in [2.05, 4.69) is 15.2 Å². The van der Waals surface area contributed by atoms with Crippen molar-refractivity contribution in [2.45, 2.75) is 33.2 Å². The first-order valence-electron chi connectivity index (χ1n) is 11.4. The molecule has 0 radical (unpaired) electrons. The maximum Gasteiger partial charge on any atom is 0.255 e. The molecule has 0 bridgehead atoms. The van der Waals surface area contributed by atoms with Gasteiger partial charge in [0, 0.05) is 45.5 Å². The normalized spacial score (nSPS) is 15.9. The van der Waals surface area contributed by atoms with Gasteiger partial charge in [-0.2, -0.15) is 0 Å². The van der Waals surface area contributed by atoms with Crippen LogP contribution in [0.3, 0.4) is 0 Å². The van der Waals surface area contributed by atoms with Gasteiger partial charge in [-0.3, -0.25) is 18.8 Å². The van der Waals surface area contributed by atoms with Crippen molar-refractivity contribution in [1.82, 2.24) is 14.3 Å². The number of nitrogens with zero attached hydrogens (tertiary/aromatic N) is 4. The number of likely N-dealkylation sites (tertiary alicyclic amines) is 1. The average molecular weight is 463 g/mol. The molecule has 1 fully saturated rings. The van der Waals surface area contributed by atoms with Crippen LogP contribution in [0.4, 0.5) is 11.5 Å². The van der Waals surface area contributed by atoms with Gasteiger partial charge in [0.05, 0.1) is 17.2 Å². The van der Waals surface area contributed by atoms with E-state index in [-0.39, 0.29) is 23.6 Å². The summed E-state index contributed by atoms with van der Waals surface area (Å²) >= 11 is 0. The lowest BCUT2D eigenvalue weighted by atomic mass is 9.97. The van der Waals surface area contributed by atoms with E-state index in [0.717, 1.165) is 41.3 Å². The number of nitrogens with one attached hydrogen (secondary N) is 1. The van der Waals surface area contributed by atoms with Crippen molar-refractivity contribution in [1.29, 1.82) is 0 Å². The Morgan fingerprint density at radius 3 is 2.59 bits per heavy atom. The van der Waals surface area contributed by atoms with Crippen LogP contribution < -0.4 is 16.0 Å². The lowest BCUT2D eigenvalue weighted by Crippen LogP contribution is -2.44. The lowest BCUT2D eigenvalue weighted by Gasteiger charge is -2.31. The minimum absolute atomic E-state index is 0.105. The zero-order chi connectivity index (χ0) is 24.4. The molecular formula is C25H30N6O3. The number of anilines is 2. The van der Waals surface area contributed by atoms with Gasteiger partial charge in [-0.25, -0.2) is 4.98 Å². The van der Waals surface area contributed by atoms with Crippen molar-refractivity contribution in [3.63, 3.8) is 0 Å². The van der Waals surface area contributed by atoms with Gasteiger partial charge in [-0.1, -0.05) is 12.1 Å². The summed E-state index contributed by atoms with van der Waals surface area (Å²) in [6.45, 7) is 5.03.